The molecule has 0 unspecified atom stereocenters. The summed E-state index contributed by atoms with van der Waals surface area (Å²) in [5.74, 6) is -0.537. The first kappa shape index (κ1) is 11.9. The predicted octanol–water partition coefficient (Wildman–Crippen LogP) is -1.35. The minimum absolute atomic E-state index is 0.0491. The van der Waals surface area contributed by atoms with Crippen molar-refractivity contribution in [2.24, 2.45) is 0 Å². The number of carbonyl (C=O) groups excluding carboxylic acids is 2. The minimum Gasteiger partial charge on any atom is -0.469 e. The van der Waals surface area contributed by atoms with E-state index in [9.17, 15) is 9.59 Å². The van der Waals surface area contributed by atoms with Gasteiger partial charge < -0.3 is 20.1 Å². The summed E-state index contributed by atoms with van der Waals surface area (Å²) < 4.78 is 9.66. The van der Waals surface area contributed by atoms with Gasteiger partial charge in [0, 0.05) is 19.6 Å². The lowest BCUT2D eigenvalue weighted by atomic mass is 10.2. The van der Waals surface area contributed by atoms with Crippen LogP contribution in [0.4, 0.5) is 0 Å². The van der Waals surface area contributed by atoms with Gasteiger partial charge in [-0.3, -0.25) is 9.59 Å². The lowest BCUT2D eigenvalue weighted by Crippen LogP contribution is -2.49. The molecule has 0 aromatic rings. The number of hydrogen-bond acceptors (Lipinski definition) is 5. The molecular formula is C9H16N2O4. The van der Waals surface area contributed by atoms with Crippen LogP contribution in [-0.2, 0) is 19.1 Å². The first-order valence-electron chi connectivity index (χ1n) is 4.88. The summed E-state index contributed by atoms with van der Waals surface area (Å²) >= 11 is 0. The van der Waals surface area contributed by atoms with Crippen molar-refractivity contribution in [3.63, 3.8) is 0 Å². The van der Waals surface area contributed by atoms with E-state index in [4.69, 9.17) is 4.74 Å². The Bertz CT molecular complexity index is 228. The number of nitrogens with one attached hydrogen (secondary N) is 2. The van der Waals surface area contributed by atoms with E-state index >= 15 is 0 Å². The third-order valence-electron chi connectivity index (χ3n) is 2.07. The summed E-state index contributed by atoms with van der Waals surface area (Å²) in [7, 11) is 1.32. The quantitative estimate of drug-likeness (QED) is 0.537. The molecule has 6 nitrogen and oxygen atoms in total. The number of ether oxygens (including phenoxy) is 2. The van der Waals surface area contributed by atoms with Crippen molar-refractivity contribution in [3.8, 4) is 0 Å². The number of amides is 1. The molecule has 0 aromatic carbocycles. The van der Waals surface area contributed by atoms with Gasteiger partial charge in [0.05, 0.1) is 19.6 Å². The van der Waals surface area contributed by atoms with Gasteiger partial charge in [-0.15, -0.1) is 0 Å². The zero-order chi connectivity index (χ0) is 11.1. The molecule has 1 rings (SSSR count). The summed E-state index contributed by atoms with van der Waals surface area (Å²) in [6.45, 7) is 1.94. The molecule has 2 N–H and O–H groups in total. The average Bonchev–Trinajstić information content (AvgIpc) is 2.15. The van der Waals surface area contributed by atoms with E-state index in [1.54, 1.807) is 0 Å². The third-order valence-corrected chi connectivity index (χ3v) is 2.07. The fourth-order valence-electron chi connectivity index (χ4n) is 1.03. The van der Waals surface area contributed by atoms with Crippen molar-refractivity contribution in [2.75, 3.05) is 33.4 Å². The normalized spacial score (nSPS) is 15.5. The van der Waals surface area contributed by atoms with Crippen molar-refractivity contribution in [3.05, 3.63) is 0 Å². The largest absolute Gasteiger partial charge is 0.469 e. The summed E-state index contributed by atoms with van der Waals surface area (Å²) in [4.78, 5) is 21.9. The molecule has 1 aliphatic rings. The van der Waals surface area contributed by atoms with Crippen LogP contribution in [0.15, 0.2) is 0 Å². The fraction of sp³-hybridized carbons (Fsp3) is 0.778. The number of esters is 1. The van der Waals surface area contributed by atoms with E-state index in [-0.39, 0.29) is 37.6 Å². The molecule has 0 saturated carbocycles. The number of methoxy groups -OCH3 is 1. The minimum atomic E-state index is -0.334. The molecule has 0 aliphatic carbocycles. The maximum absolute atomic E-state index is 11.1. The van der Waals surface area contributed by atoms with Crippen LogP contribution in [-0.4, -0.2) is 51.3 Å². The average molecular weight is 216 g/mol. The maximum atomic E-state index is 11.1. The molecule has 0 atom stereocenters. The van der Waals surface area contributed by atoms with Crippen LogP contribution in [0.2, 0.25) is 0 Å². The van der Waals surface area contributed by atoms with Gasteiger partial charge in [-0.2, -0.15) is 0 Å². The Morgan fingerprint density at radius 3 is 2.73 bits per heavy atom. The molecule has 1 heterocycles. The second kappa shape index (κ2) is 6.36. The highest BCUT2D eigenvalue weighted by Gasteiger charge is 2.17. The Labute approximate surface area is 88.3 Å². The van der Waals surface area contributed by atoms with Crippen LogP contribution in [0.3, 0.4) is 0 Å². The van der Waals surface area contributed by atoms with E-state index in [1.807, 2.05) is 0 Å². The zero-order valence-electron chi connectivity index (χ0n) is 8.75. The highest BCUT2D eigenvalue weighted by atomic mass is 16.5. The highest BCUT2D eigenvalue weighted by Crippen LogP contribution is 1.96. The number of rotatable bonds is 6. The van der Waals surface area contributed by atoms with Gasteiger partial charge in [0.2, 0.25) is 5.91 Å². The van der Waals surface area contributed by atoms with Crippen LogP contribution in [0.1, 0.15) is 6.42 Å². The summed E-state index contributed by atoms with van der Waals surface area (Å²) in [5.41, 5.74) is 0. The smallest absolute Gasteiger partial charge is 0.307 e. The van der Waals surface area contributed by atoms with Crippen molar-refractivity contribution in [1.29, 1.82) is 0 Å². The Balaban J connectivity index is 1.95. The number of hydrogen-bond donors (Lipinski definition) is 2. The standard InChI is InChI=1S/C9H16N2O4/c1-14-9(13)2-3-11-8(12)6-15-7-4-10-5-7/h7,10H,2-6H2,1H3,(H,11,12). The van der Waals surface area contributed by atoms with Gasteiger partial charge in [-0.05, 0) is 0 Å². The van der Waals surface area contributed by atoms with Gasteiger partial charge in [0.15, 0.2) is 0 Å². The maximum Gasteiger partial charge on any atom is 0.307 e. The molecule has 1 saturated heterocycles. The molecule has 15 heavy (non-hydrogen) atoms. The second-order valence-corrected chi connectivity index (χ2v) is 3.27. The molecule has 0 bridgehead atoms. The van der Waals surface area contributed by atoms with E-state index in [1.165, 1.54) is 7.11 Å². The van der Waals surface area contributed by atoms with Crippen LogP contribution < -0.4 is 10.6 Å². The first-order chi connectivity index (χ1) is 7.22. The monoisotopic (exact) mass is 216 g/mol. The molecule has 1 fully saturated rings. The van der Waals surface area contributed by atoms with Crippen LogP contribution >= 0.6 is 0 Å². The van der Waals surface area contributed by atoms with Crippen LogP contribution in [0, 0.1) is 0 Å². The van der Waals surface area contributed by atoms with Gasteiger partial charge >= 0.3 is 5.97 Å². The summed E-state index contributed by atoms with van der Waals surface area (Å²) in [6, 6.07) is 0. The predicted molar refractivity (Wildman–Crippen MR) is 52.3 cm³/mol. The van der Waals surface area contributed by atoms with Crippen molar-refractivity contribution in [2.45, 2.75) is 12.5 Å². The zero-order valence-corrected chi connectivity index (χ0v) is 8.75. The molecule has 0 aromatic heterocycles. The lowest BCUT2D eigenvalue weighted by Gasteiger charge is -2.26. The molecule has 0 spiro atoms. The Morgan fingerprint density at radius 1 is 1.47 bits per heavy atom. The Morgan fingerprint density at radius 2 is 2.20 bits per heavy atom. The fourth-order valence-corrected chi connectivity index (χ4v) is 1.03. The van der Waals surface area contributed by atoms with Crippen molar-refractivity contribution < 1.29 is 19.1 Å². The molecule has 0 radical (unpaired) electrons. The molecule has 86 valence electrons. The number of carbonyl (C=O) groups is 2. The topological polar surface area (TPSA) is 76.7 Å². The van der Waals surface area contributed by atoms with E-state index in [0.29, 0.717) is 0 Å². The SMILES string of the molecule is COC(=O)CCNC(=O)COC1CNC1. The lowest BCUT2D eigenvalue weighted by molar-refractivity contribution is -0.140. The Kier molecular flexibility index (Phi) is 5.06. The molecule has 1 amide bonds. The summed E-state index contributed by atoms with van der Waals surface area (Å²) in [5, 5.41) is 5.60. The van der Waals surface area contributed by atoms with Crippen molar-refractivity contribution >= 4 is 11.9 Å². The van der Waals surface area contributed by atoms with Gasteiger partial charge in [-0.25, -0.2) is 0 Å². The van der Waals surface area contributed by atoms with Crippen LogP contribution in [0.25, 0.3) is 0 Å². The third kappa shape index (κ3) is 4.75. The molecule has 1 aliphatic heterocycles. The van der Waals surface area contributed by atoms with E-state index in [0.717, 1.165) is 13.1 Å². The molecule has 6 heteroatoms. The second-order valence-electron chi connectivity index (χ2n) is 3.27. The van der Waals surface area contributed by atoms with E-state index < -0.39 is 0 Å². The van der Waals surface area contributed by atoms with Crippen molar-refractivity contribution in [1.82, 2.24) is 10.6 Å². The van der Waals surface area contributed by atoms with Gasteiger partial charge in [0.25, 0.3) is 0 Å². The van der Waals surface area contributed by atoms with Gasteiger partial charge in [0.1, 0.15) is 6.61 Å². The molecular weight excluding hydrogens is 200 g/mol. The van der Waals surface area contributed by atoms with E-state index in [2.05, 4.69) is 15.4 Å². The first-order valence-corrected chi connectivity index (χ1v) is 4.88. The van der Waals surface area contributed by atoms with Gasteiger partial charge in [-0.1, -0.05) is 0 Å². The van der Waals surface area contributed by atoms with Crippen LogP contribution in [0.5, 0.6) is 0 Å². The Hall–Kier alpha value is -1.14. The highest BCUT2D eigenvalue weighted by molar-refractivity contribution is 5.78. The summed E-state index contributed by atoms with van der Waals surface area (Å²) in [6.07, 6.45) is 0.337.